The highest BCUT2D eigenvalue weighted by Gasteiger charge is 2.24. The Morgan fingerprint density at radius 1 is 1.03 bits per heavy atom. The largest absolute Gasteiger partial charge is 0.486 e. The lowest BCUT2D eigenvalue weighted by Crippen LogP contribution is -2.30. The minimum Gasteiger partial charge on any atom is -0.486 e. The summed E-state index contributed by atoms with van der Waals surface area (Å²) in [4.78, 5) is 15.1. The molecular weight excluding hydrogens is 442 g/mol. The van der Waals surface area contributed by atoms with Crippen molar-refractivity contribution in [1.29, 1.82) is 0 Å². The van der Waals surface area contributed by atoms with Crippen molar-refractivity contribution in [1.82, 2.24) is 9.47 Å². The lowest BCUT2D eigenvalue weighted by Gasteiger charge is -2.25. The molecule has 1 aromatic heterocycles. The second-order valence-corrected chi connectivity index (χ2v) is 9.72. The van der Waals surface area contributed by atoms with Crippen molar-refractivity contribution in [2.24, 2.45) is 5.14 Å². The molecule has 0 saturated heterocycles. The number of hydrogen-bond acceptors (Lipinski definition) is 5. The van der Waals surface area contributed by atoms with Gasteiger partial charge in [-0.25, -0.2) is 13.6 Å². The Balaban J connectivity index is 1.61. The lowest BCUT2D eigenvalue weighted by atomic mass is 10.1. The van der Waals surface area contributed by atoms with Crippen molar-refractivity contribution in [3.8, 4) is 17.2 Å². The zero-order valence-corrected chi connectivity index (χ0v) is 19.8. The van der Waals surface area contributed by atoms with Gasteiger partial charge in [0.25, 0.3) is 5.91 Å². The van der Waals surface area contributed by atoms with E-state index in [0.717, 1.165) is 22.6 Å². The fourth-order valence-corrected chi connectivity index (χ4v) is 4.59. The van der Waals surface area contributed by atoms with E-state index in [9.17, 15) is 13.2 Å². The maximum absolute atomic E-state index is 13.4. The minimum atomic E-state index is -3.76. The lowest BCUT2D eigenvalue weighted by molar-refractivity contribution is 0.0742. The molecule has 0 radical (unpaired) electrons. The number of rotatable bonds is 5. The first-order chi connectivity index (χ1) is 15.6. The number of primary sulfonamides is 1. The van der Waals surface area contributed by atoms with Crippen LogP contribution in [0.2, 0.25) is 0 Å². The van der Waals surface area contributed by atoms with E-state index in [-0.39, 0.29) is 16.8 Å². The molecule has 0 saturated carbocycles. The van der Waals surface area contributed by atoms with Gasteiger partial charge in [-0.1, -0.05) is 12.1 Å². The predicted molar refractivity (Wildman–Crippen MR) is 125 cm³/mol. The van der Waals surface area contributed by atoms with Crippen LogP contribution in [0.3, 0.4) is 0 Å². The monoisotopic (exact) mass is 469 g/mol. The van der Waals surface area contributed by atoms with Gasteiger partial charge in [0.2, 0.25) is 10.0 Å². The van der Waals surface area contributed by atoms with Crippen LogP contribution in [0.1, 0.15) is 40.3 Å². The summed E-state index contributed by atoms with van der Waals surface area (Å²) in [5, 5.41) is 5.18. The second-order valence-electron chi connectivity index (χ2n) is 8.15. The van der Waals surface area contributed by atoms with E-state index < -0.39 is 10.0 Å². The highest BCUT2D eigenvalue weighted by atomic mass is 32.2. The summed E-state index contributed by atoms with van der Waals surface area (Å²) in [6, 6.07) is 13.6. The first-order valence-corrected chi connectivity index (χ1v) is 12.1. The molecule has 1 aliphatic heterocycles. The molecule has 1 atom stereocenters. The number of fused-ring (bicyclic) bond motifs is 1. The summed E-state index contributed by atoms with van der Waals surface area (Å²) >= 11 is 0. The number of sulfonamides is 1. The van der Waals surface area contributed by atoms with Gasteiger partial charge in [-0.05, 0) is 56.7 Å². The van der Waals surface area contributed by atoms with E-state index in [0.29, 0.717) is 30.3 Å². The maximum Gasteiger partial charge on any atom is 0.255 e. The summed E-state index contributed by atoms with van der Waals surface area (Å²) in [7, 11) is -2.03. The number of hydrogen-bond donors (Lipinski definition) is 1. The molecule has 1 amide bonds. The Kier molecular flexibility index (Phi) is 5.94. The summed E-state index contributed by atoms with van der Waals surface area (Å²) in [6.07, 6.45) is 0. The van der Waals surface area contributed by atoms with E-state index in [1.807, 2.05) is 49.6 Å². The predicted octanol–water partition coefficient (Wildman–Crippen LogP) is 3.35. The van der Waals surface area contributed by atoms with Crippen molar-refractivity contribution < 1.29 is 22.7 Å². The average Bonchev–Trinajstić information content (AvgIpc) is 3.10. The van der Waals surface area contributed by atoms with Crippen molar-refractivity contribution >= 4 is 15.9 Å². The fourth-order valence-electron chi connectivity index (χ4n) is 4.07. The zero-order valence-electron chi connectivity index (χ0n) is 19.0. The molecule has 4 rings (SSSR count). The van der Waals surface area contributed by atoms with E-state index in [2.05, 4.69) is 0 Å². The van der Waals surface area contributed by atoms with Crippen LogP contribution in [0, 0.1) is 13.8 Å². The Bertz CT molecular complexity index is 1310. The molecule has 3 aromatic rings. The number of carbonyl (C=O) groups is 1. The van der Waals surface area contributed by atoms with Crippen molar-refractivity contribution in [3.63, 3.8) is 0 Å². The number of aromatic nitrogens is 1. The number of nitrogens with two attached hydrogens (primary N) is 1. The Hall–Kier alpha value is -3.30. The van der Waals surface area contributed by atoms with Crippen LogP contribution in [0.4, 0.5) is 0 Å². The Morgan fingerprint density at radius 3 is 2.30 bits per heavy atom. The van der Waals surface area contributed by atoms with E-state index in [1.165, 1.54) is 12.1 Å². The van der Waals surface area contributed by atoms with Gasteiger partial charge in [-0.2, -0.15) is 0 Å². The Labute approximate surface area is 193 Å². The zero-order chi connectivity index (χ0) is 23.9. The molecule has 2 heterocycles. The van der Waals surface area contributed by atoms with Crippen LogP contribution in [-0.4, -0.2) is 44.1 Å². The number of amides is 1. The first-order valence-electron chi connectivity index (χ1n) is 10.6. The van der Waals surface area contributed by atoms with Gasteiger partial charge in [0.05, 0.1) is 16.5 Å². The molecule has 2 N–H and O–H groups in total. The Morgan fingerprint density at radius 2 is 1.67 bits per heavy atom. The molecule has 0 aliphatic carbocycles. The van der Waals surface area contributed by atoms with Crippen LogP contribution < -0.4 is 14.6 Å². The third kappa shape index (κ3) is 4.34. The van der Waals surface area contributed by atoms with Crippen LogP contribution in [0.25, 0.3) is 5.69 Å². The molecule has 1 aliphatic rings. The maximum atomic E-state index is 13.4. The summed E-state index contributed by atoms with van der Waals surface area (Å²) in [6.45, 7) is 6.79. The quantitative estimate of drug-likeness (QED) is 0.617. The van der Waals surface area contributed by atoms with Crippen molar-refractivity contribution in [2.45, 2.75) is 31.7 Å². The van der Waals surface area contributed by atoms with Gasteiger partial charge >= 0.3 is 0 Å². The van der Waals surface area contributed by atoms with E-state index in [1.54, 1.807) is 24.1 Å². The molecule has 174 valence electrons. The number of nitrogens with zero attached hydrogens (tertiary/aromatic N) is 2. The van der Waals surface area contributed by atoms with Gasteiger partial charge in [0.1, 0.15) is 13.2 Å². The van der Waals surface area contributed by atoms with E-state index in [4.69, 9.17) is 14.6 Å². The number of aryl methyl sites for hydroxylation is 1. The number of ether oxygens (including phenoxy) is 2. The van der Waals surface area contributed by atoms with Gasteiger partial charge in [-0.15, -0.1) is 0 Å². The van der Waals surface area contributed by atoms with Crippen molar-refractivity contribution in [3.05, 3.63) is 71.0 Å². The summed E-state index contributed by atoms with van der Waals surface area (Å²) in [5.74, 6) is 1.27. The van der Waals surface area contributed by atoms with Gasteiger partial charge in [-0.3, -0.25) is 4.79 Å². The topological polar surface area (TPSA) is 104 Å². The third-order valence-corrected chi connectivity index (χ3v) is 6.97. The summed E-state index contributed by atoms with van der Waals surface area (Å²) in [5.41, 5.74) is 4.03. The molecular formula is C24H27N3O5S. The van der Waals surface area contributed by atoms with Crippen LogP contribution in [0.5, 0.6) is 11.5 Å². The first kappa shape index (κ1) is 22.9. The van der Waals surface area contributed by atoms with Crippen LogP contribution in [0.15, 0.2) is 53.4 Å². The van der Waals surface area contributed by atoms with Gasteiger partial charge in [0.15, 0.2) is 11.5 Å². The van der Waals surface area contributed by atoms with Gasteiger partial charge < -0.3 is 18.9 Å². The average molecular weight is 470 g/mol. The molecule has 0 bridgehead atoms. The smallest absolute Gasteiger partial charge is 0.255 e. The molecule has 9 heteroatoms. The molecule has 8 nitrogen and oxygen atoms in total. The SMILES string of the molecule is Cc1cc(C(=O)N(C)C(C)c2ccc(S(N)(=O)=O)cc2)c(C)n1-c1ccc2c(c1)OCCO2. The molecule has 33 heavy (non-hydrogen) atoms. The molecule has 0 spiro atoms. The summed E-state index contributed by atoms with van der Waals surface area (Å²) < 4.78 is 36.3. The van der Waals surface area contributed by atoms with Crippen LogP contribution >= 0.6 is 0 Å². The standard InChI is InChI=1S/C24H27N3O5S/c1-15-13-21(17(3)27(15)19-7-10-22-23(14-19)32-12-11-31-22)24(28)26(4)16(2)18-5-8-20(9-6-18)33(25,29)30/h5-10,13-14,16H,11-12H2,1-4H3,(H2,25,29,30). The number of benzene rings is 2. The third-order valence-electron chi connectivity index (χ3n) is 6.04. The highest BCUT2D eigenvalue weighted by molar-refractivity contribution is 7.89. The fraction of sp³-hybridized carbons (Fsp3) is 0.292. The van der Waals surface area contributed by atoms with Crippen molar-refractivity contribution in [2.75, 3.05) is 20.3 Å². The highest BCUT2D eigenvalue weighted by Crippen LogP contribution is 2.34. The molecule has 2 aromatic carbocycles. The molecule has 1 unspecified atom stereocenters. The number of carbonyl (C=O) groups excluding carboxylic acids is 1. The normalized spacial score (nSPS) is 14.1. The second kappa shape index (κ2) is 8.57. The van der Waals surface area contributed by atoms with Crippen LogP contribution in [-0.2, 0) is 10.0 Å². The van der Waals surface area contributed by atoms with E-state index >= 15 is 0 Å². The minimum absolute atomic E-state index is 0.0374. The van der Waals surface area contributed by atoms with Gasteiger partial charge in [0, 0.05) is 30.2 Å². The molecule has 0 fully saturated rings.